The lowest BCUT2D eigenvalue weighted by Gasteiger charge is -2.40. The molecule has 0 aromatic heterocycles. The summed E-state index contributed by atoms with van der Waals surface area (Å²) in [6.07, 6.45) is 58.8. The van der Waals surface area contributed by atoms with Gasteiger partial charge in [0.1, 0.15) is 24.4 Å². The molecule has 1 saturated heterocycles. The van der Waals surface area contributed by atoms with Crippen LogP contribution in [0.5, 0.6) is 0 Å². The molecular weight excluding hydrogens is 851 g/mol. The highest BCUT2D eigenvalue weighted by Gasteiger charge is 2.44. The zero-order chi connectivity index (χ0) is 49.4. The smallest absolute Gasteiger partial charge is 0.220 e. The minimum atomic E-state index is -1.57. The molecule has 0 saturated carbocycles. The molecule has 9 heteroatoms. The number of aliphatic hydroxyl groups is 5. The average molecular weight is 959 g/mol. The fourth-order valence-corrected chi connectivity index (χ4v) is 8.77. The number of carbonyl (C=O) groups is 1. The zero-order valence-electron chi connectivity index (χ0n) is 43.9. The molecule has 0 aromatic carbocycles. The first-order valence-corrected chi connectivity index (χ1v) is 28.5. The first-order valence-electron chi connectivity index (χ1n) is 28.5. The molecule has 6 N–H and O–H groups in total. The number of carbonyl (C=O) groups excluding carboxylic acids is 1. The highest BCUT2D eigenvalue weighted by Crippen LogP contribution is 2.23. The second kappa shape index (κ2) is 48.5. The lowest BCUT2D eigenvalue weighted by Crippen LogP contribution is -2.60. The third-order valence-corrected chi connectivity index (χ3v) is 13.3. The molecule has 1 amide bonds. The fourth-order valence-electron chi connectivity index (χ4n) is 8.77. The van der Waals surface area contributed by atoms with Gasteiger partial charge in [0.15, 0.2) is 6.29 Å². The lowest BCUT2D eigenvalue weighted by molar-refractivity contribution is -0.302. The standard InChI is InChI=1S/C59H107NO8/c1-3-5-7-9-11-13-15-17-18-19-20-21-22-23-24-25-26-27-28-29-30-31-32-33-34-35-36-37-39-41-43-45-47-49-55(63)60-52(51-67-59-58(66)57(65)56(64)54(50-61)68-59)53(62)48-46-44-42-40-38-16-14-12-10-8-6-4-2/h15,17,19-20,22-23,38,40,46,48,52-54,56-59,61-62,64-66H,3-14,16,18,21,24-37,39,41-45,47,49-51H2,1-2H3,(H,60,63)/b17-15-,20-19-,23-22-,40-38+,48-46+. The Morgan fingerprint density at radius 2 is 0.882 bits per heavy atom. The Hall–Kier alpha value is -2.11. The van der Waals surface area contributed by atoms with Gasteiger partial charge in [-0.25, -0.2) is 0 Å². The Bertz CT molecular complexity index is 1250. The van der Waals surface area contributed by atoms with Gasteiger partial charge in [0.05, 0.1) is 25.4 Å². The van der Waals surface area contributed by atoms with Crippen molar-refractivity contribution in [2.24, 2.45) is 0 Å². The van der Waals surface area contributed by atoms with Crippen molar-refractivity contribution in [3.8, 4) is 0 Å². The number of amides is 1. The number of aliphatic hydroxyl groups excluding tert-OH is 5. The van der Waals surface area contributed by atoms with Crippen LogP contribution in [0.4, 0.5) is 0 Å². The number of unbranched alkanes of at least 4 members (excludes halogenated alkanes) is 30. The Kier molecular flexibility index (Phi) is 45.6. The van der Waals surface area contributed by atoms with Crippen molar-refractivity contribution in [3.63, 3.8) is 0 Å². The Morgan fingerprint density at radius 1 is 0.500 bits per heavy atom. The topological polar surface area (TPSA) is 149 Å². The number of rotatable bonds is 48. The van der Waals surface area contributed by atoms with Crippen molar-refractivity contribution in [3.05, 3.63) is 60.8 Å². The third-order valence-electron chi connectivity index (χ3n) is 13.3. The van der Waals surface area contributed by atoms with Crippen LogP contribution in [0.15, 0.2) is 60.8 Å². The first kappa shape index (κ1) is 63.9. The van der Waals surface area contributed by atoms with E-state index < -0.39 is 49.5 Å². The summed E-state index contributed by atoms with van der Waals surface area (Å²) in [5, 5.41) is 54.3. The van der Waals surface area contributed by atoms with E-state index in [0.717, 1.165) is 51.4 Å². The highest BCUT2D eigenvalue weighted by molar-refractivity contribution is 5.76. The van der Waals surface area contributed by atoms with E-state index in [9.17, 15) is 30.3 Å². The van der Waals surface area contributed by atoms with E-state index >= 15 is 0 Å². The number of ether oxygens (including phenoxy) is 2. The van der Waals surface area contributed by atoms with Crippen LogP contribution in [0, 0.1) is 0 Å². The molecule has 1 rings (SSSR count). The number of nitrogens with one attached hydrogen (secondary N) is 1. The molecule has 7 atom stereocenters. The molecule has 1 heterocycles. The van der Waals surface area contributed by atoms with E-state index in [2.05, 4.69) is 67.8 Å². The first-order chi connectivity index (χ1) is 33.3. The third kappa shape index (κ3) is 37.7. The second-order valence-corrected chi connectivity index (χ2v) is 19.7. The van der Waals surface area contributed by atoms with Crippen molar-refractivity contribution in [1.82, 2.24) is 5.32 Å². The SMILES string of the molecule is CCCCCCC/C=C\C/C=C\C/C=C\CCCCCCCCCCCCCCCCCCCCC(=O)NC(COC1OC(CO)C(O)C(O)C1O)C(O)/C=C/CC/C=C/CCCCCCCC. The molecule has 0 aromatic rings. The van der Waals surface area contributed by atoms with Crippen molar-refractivity contribution < 1.29 is 39.8 Å². The monoisotopic (exact) mass is 958 g/mol. The van der Waals surface area contributed by atoms with Crippen LogP contribution < -0.4 is 5.32 Å². The van der Waals surface area contributed by atoms with Crippen LogP contribution in [-0.4, -0.2) is 87.5 Å². The molecule has 9 nitrogen and oxygen atoms in total. The molecule has 7 unspecified atom stereocenters. The normalized spacial score (nSPS) is 20.0. The molecule has 396 valence electrons. The summed E-state index contributed by atoms with van der Waals surface area (Å²) < 4.78 is 11.2. The summed E-state index contributed by atoms with van der Waals surface area (Å²) >= 11 is 0. The van der Waals surface area contributed by atoms with Crippen LogP contribution in [0.25, 0.3) is 0 Å². The largest absolute Gasteiger partial charge is 0.394 e. The average Bonchev–Trinajstić information content (AvgIpc) is 3.34. The molecule has 1 aliphatic heterocycles. The van der Waals surface area contributed by atoms with Crippen LogP contribution in [0.1, 0.15) is 251 Å². The predicted octanol–water partition coefficient (Wildman–Crippen LogP) is 13.9. The van der Waals surface area contributed by atoms with Gasteiger partial charge >= 0.3 is 0 Å². The summed E-state index contributed by atoms with van der Waals surface area (Å²) in [5.74, 6) is -0.187. The zero-order valence-corrected chi connectivity index (χ0v) is 43.9. The molecule has 0 radical (unpaired) electrons. The maximum Gasteiger partial charge on any atom is 0.220 e. The van der Waals surface area contributed by atoms with Crippen molar-refractivity contribution >= 4 is 5.91 Å². The minimum absolute atomic E-state index is 0.187. The molecular formula is C59H107NO8. The van der Waals surface area contributed by atoms with Gasteiger partial charge in [-0.3, -0.25) is 4.79 Å². The van der Waals surface area contributed by atoms with Gasteiger partial charge < -0.3 is 40.3 Å². The minimum Gasteiger partial charge on any atom is -0.394 e. The van der Waals surface area contributed by atoms with Crippen LogP contribution in [0.2, 0.25) is 0 Å². The Labute approximate surface area is 417 Å². The maximum atomic E-state index is 13.0. The van der Waals surface area contributed by atoms with E-state index in [1.165, 1.54) is 180 Å². The van der Waals surface area contributed by atoms with Gasteiger partial charge in [0.25, 0.3) is 0 Å². The maximum absolute atomic E-state index is 13.0. The van der Waals surface area contributed by atoms with Crippen LogP contribution >= 0.6 is 0 Å². The summed E-state index contributed by atoms with van der Waals surface area (Å²) in [7, 11) is 0. The fraction of sp³-hybridized carbons (Fsp3) is 0.814. The number of allylic oxidation sites excluding steroid dienone is 9. The predicted molar refractivity (Wildman–Crippen MR) is 286 cm³/mol. The van der Waals surface area contributed by atoms with Gasteiger partial charge in [0, 0.05) is 6.42 Å². The lowest BCUT2D eigenvalue weighted by atomic mass is 9.99. The molecule has 1 fully saturated rings. The quantitative estimate of drug-likeness (QED) is 0.0261. The second-order valence-electron chi connectivity index (χ2n) is 19.7. The number of hydrogen-bond donors (Lipinski definition) is 6. The van der Waals surface area contributed by atoms with Crippen molar-refractivity contribution in [2.75, 3.05) is 13.2 Å². The van der Waals surface area contributed by atoms with Crippen LogP contribution in [-0.2, 0) is 14.3 Å². The van der Waals surface area contributed by atoms with Crippen LogP contribution in [0.3, 0.4) is 0 Å². The van der Waals surface area contributed by atoms with E-state index in [1.54, 1.807) is 6.08 Å². The van der Waals surface area contributed by atoms with E-state index in [1.807, 2.05) is 6.08 Å². The summed E-state index contributed by atoms with van der Waals surface area (Å²) in [6.45, 7) is 3.73. The van der Waals surface area contributed by atoms with Crippen molar-refractivity contribution in [2.45, 2.75) is 294 Å². The Balaban J connectivity index is 2.12. The Morgan fingerprint density at radius 3 is 1.34 bits per heavy atom. The van der Waals surface area contributed by atoms with Gasteiger partial charge in [-0.2, -0.15) is 0 Å². The van der Waals surface area contributed by atoms with Crippen molar-refractivity contribution in [1.29, 1.82) is 0 Å². The highest BCUT2D eigenvalue weighted by atomic mass is 16.7. The van der Waals surface area contributed by atoms with Gasteiger partial charge in [0.2, 0.25) is 5.91 Å². The number of hydrogen-bond acceptors (Lipinski definition) is 8. The van der Waals surface area contributed by atoms with E-state index in [0.29, 0.717) is 6.42 Å². The summed E-state index contributed by atoms with van der Waals surface area (Å²) in [6, 6.07) is -0.821. The molecule has 68 heavy (non-hydrogen) atoms. The van der Waals surface area contributed by atoms with Gasteiger partial charge in [-0.05, 0) is 70.6 Å². The molecule has 0 spiro atoms. The van der Waals surface area contributed by atoms with Gasteiger partial charge in [-0.1, -0.05) is 235 Å². The van der Waals surface area contributed by atoms with E-state index in [4.69, 9.17) is 9.47 Å². The van der Waals surface area contributed by atoms with Gasteiger partial charge in [-0.15, -0.1) is 0 Å². The molecule has 0 bridgehead atoms. The molecule has 1 aliphatic rings. The summed E-state index contributed by atoms with van der Waals surface area (Å²) in [5.41, 5.74) is 0. The van der Waals surface area contributed by atoms with E-state index in [-0.39, 0.29) is 12.5 Å². The summed E-state index contributed by atoms with van der Waals surface area (Å²) in [4.78, 5) is 13.0. The molecule has 0 aliphatic carbocycles.